The molecule has 0 radical (unpaired) electrons. The third-order valence-corrected chi connectivity index (χ3v) is 3.99. The molecule has 0 saturated carbocycles. The van der Waals surface area contributed by atoms with Crippen LogP contribution in [0.2, 0.25) is 0 Å². The monoisotopic (exact) mass is 349 g/mol. The van der Waals surface area contributed by atoms with Gasteiger partial charge >= 0.3 is 5.97 Å². The first kappa shape index (κ1) is 17.3. The number of fused-ring (bicyclic) bond motifs is 1. The fourth-order valence-electron chi connectivity index (χ4n) is 2.80. The fraction of sp³-hybridized carbons (Fsp3) is 0.333. The van der Waals surface area contributed by atoms with Crippen molar-refractivity contribution in [2.24, 2.45) is 0 Å². The van der Waals surface area contributed by atoms with Crippen molar-refractivity contribution in [3.8, 4) is 17.0 Å². The molecule has 1 aromatic carbocycles. The van der Waals surface area contributed by atoms with Crippen LogP contribution in [0.5, 0.6) is 5.88 Å². The molecule has 1 aromatic heterocycles. The summed E-state index contributed by atoms with van der Waals surface area (Å²) < 4.78 is 38.1. The van der Waals surface area contributed by atoms with E-state index < -0.39 is 23.7 Å². The molecule has 25 heavy (non-hydrogen) atoms. The molecule has 0 fully saturated rings. The predicted molar refractivity (Wildman–Crippen MR) is 85.4 cm³/mol. The van der Waals surface area contributed by atoms with E-state index in [0.29, 0.717) is 24.0 Å². The van der Waals surface area contributed by atoms with Crippen LogP contribution in [0, 0.1) is 11.6 Å². The number of esters is 1. The average molecular weight is 349 g/mol. The Bertz CT molecular complexity index is 810. The van der Waals surface area contributed by atoms with E-state index in [9.17, 15) is 18.7 Å². The Morgan fingerprint density at radius 2 is 2.16 bits per heavy atom. The van der Waals surface area contributed by atoms with Gasteiger partial charge in [0.1, 0.15) is 17.7 Å². The molecule has 0 bridgehead atoms. The normalized spacial score (nSPS) is 16.1. The maximum Gasteiger partial charge on any atom is 0.357 e. The Balaban J connectivity index is 2.15. The van der Waals surface area contributed by atoms with E-state index in [-0.39, 0.29) is 30.4 Å². The minimum Gasteiger partial charge on any atom is -0.472 e. The first-order valence-corrected chi connectivity index (χ1v) is 7.97. The van der Waals surface area contributed by atoms with Crippen LogP contribution in [0.15, 0.2) is 24.3 Å². The van der Waals surface area contributed by atoms with E-state index in [1.807, 2.05) is 0 Å². The van der Waals surface area contributed by atoms with Crippen LogP contribution in [0.3, 0.4) is 0 Å². The Hall–Kier alpha value is -2.54. The summed E-state index contributed by atoms with van der Waals surface area (Å²) in [5, 5.41) is 9.29. The first-order valence-electron chi connectivity index (χ1n) is 7.97. The molecular weight excluding hydrogens is 332 g/mol. The van der Waals surface area contributed by atoms with Crippen molar-refractivity contribution in [3.63, 3.8) is 0 Å². The van der Waals surface area contributed by atoms with Gasteiger partial charge in [0.25, 0.3) is 0 Å². The highest BCUT2D eigenvalue weighted by atomic mass is 19.1. The lowest BCUT2D eigenvalue weighted by molar-refractivity contribution is 0.0514. The largest absolute Gasteiger partial charge is 0.472 e. The Morgan fingerprint density at radius 3 is 2.84 bits per heavy atom. The zero-order valence-corrected chi connectivity index (χ0v) is 13.6. The van der Waals surface area contributed by atoms with Gasteiger partial charge in [-0.25, -0.2) is 18.6 Å². The second-order valence-corrected chi connectivity index (χ2v) is 5.64. The standard InChI is InChI=1S/C18H17F2NO4/c1-2-24-18(23)16-8-14(12-5-3-10(19)7-15(12)20)13-6-4-11(9-22)25-17(13)21-16/h3,5,7-8,11,22H,2,4,6,9H2,1H3/t11-/m1/s1. The second kappa shape index (κ2) is 7.14. The Morgan fingerprint density at radius 1 is 1.36 bits per heavy atom. The van der Waals surface area contributed by atoms with Gasteiger partial charge < -0.3 is 14.6 Å². The maximum absolute atomic E-state index is 14.3. The van der Waals surface area contributed by atoms with Gasteiger partial charge in [-0.1, -0.05) is 0 Å². The van der Waals surface area contributed by atoms with Gasteiger partial charge in [0, 0.05) is 17.2 Å². The highest BCUT2D eigenvalue weighted by Gasteiger charge is 2.27. The topological polar surface area (TPSA) is 68.7 Å². The van der Waals surface area contributed by atoms with Crippen LogP contribution >= 0.6 is 0 Å². The summed E-state index contributed by atoms with van der Waals surface area (Å²) in [4.78, 5) is 16.2. The number of hydrogen-bond acceptors (Lipinski definition) is 5. The number of hydrogen-bond donors (Lipinski definition) is 1. The van der Waals surface area contributed by atoms with Crippen LogP contribution in [-0.4, -0.2) is 35.4 Å². The number of aliphatic hydroxyl groups excluding tert-OH is 1. The highest BCUT2D eigenvalue weighted by molar-refractivity contribution is 5.90. The molecule has 0 saturated heterocycles. The van der Waals surface area contributed by atoms with Crippen molar-refractivity contribution < 1.29 is 28.2 Å². The van der Waals surface area contributed by atoms with Crippen LogP contribution in [0.1, 0.15) is 29.4 Å². The van der Waals surface area contributed by atoms with Crippen molar-refractivity contribution in [1.82, 2.24) is 4.98 Å². The summed E-state index contributed by atoms with van der Waals surface area (Å²) in [6.07, 6.45) is 0.575. The number of carbonyl (C=O) groups excluding carboxylic acids is 1. The summed E-state index contributed by atoms with van der Waals surface area (Å²) >= 11 is 0. The summed E-state index contributed by atoms with van der Waals surface area (Å²) in [5.74, 6) is -1.93. The number of benzene rings is 1. The van der Waals surface area contributed by atoms with E-state index >= 15 is 0 Å². The van der Waals surface area contributed by atoms with Gasteiger partial charge in [0.15, 0.2) is 5.69 Å². The lowest BCUT2D eigenvalue weighted by Gasteiger charge is -2.26. The van der Waals surface area contributed by atoms with E-state index in [2.05, 4.69) is 4.98 Å². The predicted octanol–water partition coefficient (Wildman–Crippen LogP) is 2.89. The highest BCUT2D eigenvalue weighted by Crippen LogP contribution is 2.36. The molecular formula is C18H17F2NO4. The van der Waals surface area contributed by atoms with Crippen LogP contribution in [0.4, 0.5) is 8.78 Å². The zero-order chi connectivity index (χ0) is 18.0. The third-order valence-electron chi connectivity index (χ3n) is 3.99. The molecule has 132 valence electrons. The summed E-state index contributed by atoms with van der Waals surface area (Å²) in [7, 11) is 0. The molecule has 1 aliphatic rings. The fourth-order valence-corrected chi connectivity index (χ4v) is 2.80. The summed E-state index contributed by atoms with van der Waals surface area (Å²) in [5.41, 5.74) is 1.14. The Labute approximate surface area is 143 Å². The SMILES string of the molecule is CCOC(=O)c1cc(-c2ccc(F)cc2F)c2c(n1)O[C@@H](CO)CC2. The number of rotatable bonds is 4. The molecule has 0 amide bonds. The van der Waals surface area contributed by atoms with E-state index in [1.54, 1.807) is 6.92 Å². The van der Waals surface area contributed by atoms with Crippen LogP contribution < -0.4 is 4.74 Å². The lowest BCUT2D eigenvalue weighted by Crippen LogP contribution is -2.27. The quantitative estimate of drug-likeness (QED) is 0.860. The van der Waals surface area contributed by atoms with Gasteiger partial charge in [-0.2, -0.15) is 0 Å². The van der Waals surface area contributed by atoms with Crippen molar-refractivity contribution in [1.29, 1.82) is 0 Å². The van der Waals surface area contributed by atoms with Crippen molar-refractivity contribution >= 4 is 5.97 Å². The molecule has 0 aliphatic carbocycles. The van der Waals surface area contributed by atoms with E-state index in [1.165, 1.54) is 12.1 Å². The molecule has 3 rings (SSSR count). The average Bonchev–Trinajstić information content (AvgIpc) is 2.60. The van der Waals surface area contributed by atoms with Gasteiger partial charge in [0.2, 0.25) is 5.88 Å². The molecule has 7 heteroatoms. The molecule has 2 aromatic rings. The van der Waals surface area contributed by atoms with E-state index in [4.69, 9.17) is 9.47 Å². The number of carbonyl (C=O) groups is 1. The van der Waals surface area contributed by atoms with Crippen molar-refractivity contribution in [2.75, 3.05) is 13.2 Å². The Kier molecular flexibility index (Phi) is 4.94. The smallest absolute Gasteiger partial charge is 0.357 e. The molecule has 2 heterocycles. The van der Waals surface area contributed by atoms with Gasteiger partial charge in [-0.05, 0) is 43.5 Å². The number of halogens is 2. The van der Waals surface area contributed by atoms with Crippen molar-refractivity contribution in [2.45, 2.75) is 25.9 Å². The van der Waals surface area contributed by atoms with E-state index in [0.717, 1.165) is 12.1 Å². The summed E-state index contributed by atoms with van der Waals surface area (Å²) in [6.45, 7) is 1.64. The maximum atomic E-state index is 14.3. The second-order valence-electron chi connectivity index (χ2n) is 5.64. The number of nitrogens with zero attached hydrogens (tertiary/aromatic N) is 1. The molecule has 1 atom stereocenters. The van der Waals surface area contributed by atoms with Gasteiger partial charge in [-0.15, -0.1) is 0 Å². The minimum absolute atomic E-state index is 0.0297. The van der Waals surface area contributed by atoms with Gasteiger partial charge in [0.05, 0.1) is 13.2 Å². The lowest BCUT2D eigenvalue weighted by atomic mass is 9.94. The summed E-state index contributed by atoms with van der Waals surface area (Å²) in [6, 6.07) is 4.67. The van der Waals surface area contributed by atoms with Crippen LogP contribution in [0.25, 0.3) is 11.1 Å². The number of aromatic nitrogens is 1. The third kappa shape index (κ3) is 3.46. The minimum atomic E-state index is -0.743. The molecule has 0 unspecified atom stereocenters. The molecule has 0 spiro atoms. The van der Waals surface area contributed by atoms with Crippen LogP contribution in [-0.2, 0) is 11.2 Å². The van der Waals surface area contributed by atoms with Gasteiger partial charge in [-0.3, -0.25) is 0 Å². The molecule has 5 nitrogen and oxygen atoms in total. The number of aliphatic hydroxyl groups is 1. The first-order chi connectivity index (χ1) is 12.0. The molecule has 1 N–H and O–H groups in total. The molecule has 1 aliphatic heterocycles. The number of ether oxygens (including phenoxy) is 2. The van der Waals surface area contributed by atoms with Crippen molar-refractivity contribution in [3.05, 3.63) is 47.2 Å². The number of pyridine rings is 1. The zero-order valence-electron chi connectivity index (χ0n) is 13.6.